The Morgan fingerprint density at radius 1 is 0.962 bits per heavy atom. The number of anilines is 3. The predicted molar refractivity (Wildman–Crippen MR) is 110 cm³/mol. The minimum absolute atomic E-state index is 0.614. The van der Waals surface area contributed by atoms with Gasteiger partial charge in [0.2, 0.25) is 5.95 Å². The number of hydrogen-bond donors (Lipinski definition) is 2. The number of nitrogens with one attached hydrogen (secondary N) is 2. The van der Waals surface area contributed by atoms with Crippen molar-refractivity contribution < 1.29 is 0 Å². The van der Waals surface area contributed by atoms with E-state index in [1.807, 2.05) is 18.2 Å². The highest BCUT2D eigenvalue weighted by Crippen LogP contribution is 2.23. The highest BCUT2D eigenvalue weighted by molar-refractivity contribution is 5.90. The quantitative estimate of drug-likeness (QED) is 0.594. The summed E-state index contributed by atoms with van der Waals surface area (Å²) in [6.45, 7) is 4.08. The first-order valence-corrected chi connectivity index (χ1v) is 9.17. The lowest BCUT2D eigenvalue weighted by Crippen LogP contribution is -2.17. The van der Waals surface area contributed by atoms with E-state index in [4.69, 9.17) is 4.98 Å². The van der Waals surface area contributed by atoms with Gasteiger partial charge in [-0.3, -0.25) is 0 Å². The number of aromatic nitrogens is 2. The molecule has 26 heavy (non-hydrogen) atoms. The molecule has 0 unspecified atom stereocenters. The van der Waals surface area contributed by atoms with E-state index in [1.54, 1.807) is 0 Å². The third kappa shape index (κ3) is 4.70. The first kappa shape index (κ1) is 18.1. The van der Waals surface area contributed by atoms with Crippen LogP contribution in [0.1, 0.15) is 18.9 Å². The van der Waals surface area contributed by atoms with E-state index in [9.17, 15) is 0 Å². The summed E-state index contributed by atoms with van der Waals surface area (Å²) in [7, 11) is 4.18. The molecule has 0 radical (unpaired) electrons. The van der Waals surface area contributed by atoms with Crippen molar-refractivity contribution in [3.05, 3.63) is 54.1 Å². The van der Waals surface area contributed by atoms with Gasteiger partial charge < -0.3 is 15.5 Å². The van der Waals surface area contributed by atoms with Gasteiger partial charge in [-0.1, -0.05) is 31.2 Å². The maximum absolute atomic E-state index is 4.71. The molecule has 0 aliphatic heterocycles. The van der Waals surface area contributed by atoms with Gasteiger partial charge in [-0.25, -0.2) is 4.98 Å². The molecule has 0 spiro atoms. The Morgan fingerprint density at radius 2 is 1.73 bits per heavy atom. The Morgan fingerprint density at radius 3 is 2.46 bits per heavy atom. The van der Waals surface area contributed by atoms with E-state index in [2.05, 4.69) is 71.9 Å². The number of fused-ring (bicyclic) bond motifs is 1. The molecule has 1 heterocycles. The topological polar surface area (TPSA) is 53.1 Å². The van der Waals surface area contributed by atoms with Crippen LogP contribution in [0.2, 0.25) is 0 Å². The minimum Gasteiger partial charge on any atom is -0.369 e. The van der Waals surface area contributed by atoms with Gasteiger partial charge >= 0.3 is 0 Å². The van der Waals surface area contributed by atoms with Crippen molar-refractivity contribution >= 4 is 28.4 Å². The molecule has 1 aromatic heterocycles. The number of para-hydroxylation sites is 1. The molecule has 2 N–H and O–H groups in total. The van der Waals surface area contributed by atoms with Crippen LogP contribution in [0.4, 0.5) is 17.5 Å². The molecule has 5 heteroatoms. The molecule has 5 nitrogen and oxygen atoms in total. The smallest absolute Gasteiger partial charge is 0.229 e. The lowest BCUT2D eigenvalue weighted by atomic mass is 10.1. The predicted octanol–water partition coefficient (Wildman–Crippen LogP) is 4.30. The van der Waals surface area contributed by atoms with Crippen LogP contribution < -0.4 is 10.6 Å². The molecule has 3 rings (SSSR count). The van der Waals surface area contributed by atoms with Crippen molar-refractivity contribution in [2.24, 2.45) is 0 Å². The monoisotopic (exact) mass is 349 g/mol. The number of aryl methyl sites for hydroxylation is 1. The molecule has 2 aromatic carbocycles. The summed E-state index contributed by atoms with van der Waals surface area (Å²) >= 11 is 0. The summed E-state index contributed by atoms with van der Waals surface area (Å²) in [6.07, 6.45) is 2.10. The van der Waals surface area contributed by atoms with Gasteiger partial charge in [0.1, 0.15) is 5.82 Å². The second-order valence-electron chi connectivity index (χ2n) is 6.67. The Bertz CT molecular complexity index is 843. The van der Waals surface area contributed by atoms with Crippen molar-refractivity contribution in [3.63, 3.8) is 0 Å². The molecule has 0 saturated heterocycles. The van der Waals surface area contributed by atoms with E-state index < -0.39 is 0 Å². The summed E-state index contributed by atoms with van der Waals surface area (Å²) in [4.78, 5) is 11.6. The van der Waals surface area contributed by atoms with Crippen LogP contribution in [-0.2, 0) is 6.42 Å². The van der Waals surface area contributed by atoms with Gasteiger partial charge in [-0.15, -0.1) is 0 Å². The molecular weight excluding hydrogens is 322 g/mol. The summed E-state index contributed by atoms with van der Waals surface area (Å²) in [5, 5.41) is 7.84. The summed E-state index contributed by atoms with van der Waals surface area (Å²) in [5.41, 5.74) is 3.25. The SMILES string of the molecule is CCc1ccc(Nc2nc(NCCCN(C)C)c3ccccc3n2)cc1. The van der Waals surface area contributed by atoms with E-state index in [0.717, 1.165) is 48.3 Å². The fraction of sp³-hybridized carbons (Fsp3) is 0.333. The molecule has 0 aliphatic carbocycles. The first-order valence-electron chi connectivity index (χ1n) is 9.17. The van der Waals surface area contributed by atoms with Crippen LogP contribution in [0.25, 0.3) is 10.9 Å². The van der Waals surface area contributed by atoms with Gasteiger partial charge in [0.05, 0.1) is 5.52 Å². The number of benzene rings is 2. The van der Waals surface area contributed by atoms with Gasteiger partial charge in [0.15, 0.2) is 0 Å². The average Bonchev–Trinajstić information content (AvgIpc) is 2.65. The normalized spacial score (nSPS) is 11.1. The lowest BCUT2D eigenvalue weighted by molar-refractivity contribution is 0.405. The maximum atomic E-state index is 4.71. The first-order chi connectivity index (χ1) is 12.7. The third-order valence-electron chi connectivity index (χ3n) is 4.30. The van der Waals surface area contributed by atoms with Crippen molar-refractivity contribution in [1.29, 1.82) is 0 Å². The third-order valence-corrected chi connectivity index (χ3v) is 4.30. The van der Waals surface area contributed by atoms with E-state index in [0.29, 0.717) is 5.95 Å². The average molecular weight is 349 g/mol. The van der Waals surface area contributed by atoms with Crippen LogP contribution >= 0.6 is 0 Å². The standard InChI is InChI=1S/C21H27N5/c1-4-16-10-12-17(13-11-16)23-21-24-19-9-6-5-8-18(19)20(25-21)22-14-7-15-26(2)3/h5-6,8-13H,4,7,14-15H2,1-3H3,(H2,22,23,24,25). The molecule has 0 aliphatic rings. The molecule has 0 fully saturated rings. The van der Waals surface area contributed by atoms with Crippen LogP contribution in [0, 0.1) is 0 Å². The second-order valence-corrected chi connectivity index (χ2v) is 6.67. The Kier molecular flexibility index (Phi) is 6.02. The fourth-order valence-corrected chi connectivity index (χ4v) is 2.82. The van der Waals surface area contributed by atoms with Gasteiger partial charge in [-0.2, -0.15) is 4.98 Å². The fourth-order valence-electron chi connectivity index (χ4n) is 2.82. The second kappa shape index (κ2) is 8.63. The van der Waals surface area contributed by atoms with Crippen LogP contribution in [0.15, 0.2) is 48.5 Å². The van der Waals surface area contributed by atoms with Crippen molar-refractivity contribution in [1.82, 2.24) is 14.9 Å². The van der Waals surface area contributed by atoms with Crippen molar-refractivity contribution in [3.8, 4) is 0 Å². The summed E-state index contributed by atoms with van der Waals surface area (Å²) in [6, 6.07) is 16.5. The molecule has 0 amide bonds. The molecule has 3 aromatic rings. The number of nitrogens with zero attached hydrogens (tertiary/aromatic N) is 3. The maximum Gasteiger partial charge on any atom is 0.229 e. The Labute approximate surface area is 155 Å². The largest absolute Gasteiger partial charge is 0.369 e. The number of hydrogen-bond acceptors (Lipinski definition) is 5. The van der Waals surface area contributed by atoms with E-state index >= 15 is 0 Å². The van der Waals surface area contributed by atoms with Crippen molar-refractivity contribution in [2.75, 3.05) is 37.8 Å². The minimum atomic E-state index is 0.614. The zero-order valence-electron chi connectivity index (χ0n) is 15.8. The van der Waals surface area contributed by atoms with Crippen LogP contribution in [0.3, 0.4) is 0 Å². The number of rotatable bonds is 8. The van der Waals surface area contributed by atoms with E-state index in [-0.39, 0.29) is 0 Å². The zero-order chi connectivity index (χ0) is 18.4. The van der Waals surface area contributed by atoms with E-state index in [1.165, 1.54) is 5.56 Å². The lowest BCUT2D eigenvalue weighted by Gasteiger charge is -2.13. The molecule has 0 atom stereocenters. The summed E-state index contributed by atoms with van der Waals surface area (Å²) < 4.78 is 0. The highest BCUT2D eigenvalue weighted by Gasteiger charge is 2.07. The van der Waals surface area contributed by atoms with Crippen LogP contribution in [-0.4, -0.2) is 42.1 Å². The summed E-state index contributed by atoms with van der Waals surface area (Å²) in [5.74, 6) is 1.49. The highest BCUT2D eigenvalue weighted by atomic mass is 15.1. The zero-order valence-corrected chi connectivity index (χ0v) is 15.8. The van der Waals surface area contributed by atoms with Gasteiger partial charge in [0, 0.05) is 17.6 Å². The molecule has 136 valence electrons. The Balaban J connectivity index is 1.81. The van der Waals surface area contributed by atoms with Crippen molar-refractivity contribution in [2.45, 2.75) is 19.8 Å². The Hall–Kier alpha value is -2.66. The molecular formula is C21H27N5. The van der Waals surface area contributed by atoms with Gasteiger partial charge in [-0.05, 0) is 63.3 Å². The molecule has 0 bridgehead atoms. The molecule has 0 saturated carbocycles. The van der Waals surface area contributed by atoms with Gasteiger partial charge in [0.25, 0.3) is 0 Å². The van der Waals surface area contributed by atoms with Crippen LogP contribution in [0.5, 0.6) is 0 Å².